The van der Waals surface area contributed by atoms with Crippen molar-refractivity contribution in [1.29, 1.82) is 0 Å². The van der Waals surface area contributed by atoms with Crippen LogP contribution < -0.4 is 4.74 Å². The molecule has 4 saturated carbocycles. The van der Waals surface area contributed by atoms with Crippen LogP contribution in [0.1, 0.15) is 82.9 Å². The lowest BCUT2D eigenvalue weighted by molar-refractivity contribution is -0.389. The van der Waals surface area contributed by atoms with E-state index in [1.54, 1.807) is 11.1 Å². The van der Waals surface area contributed by atoms with Gasteiger partial charge in [-0.05, 0) is 87.8 Å². The van der Waals surface area contributed by atoms with E-state index in [1.807, 2.05) is 0 Å². The number of hydrogen-bond acceptors (Lipinski definition) is 4. The molecule has 0 radical (unpaired) electrons. The van der Waals surface area contributed by atoms with Crippen molar-refractivity contribution in [2.24, 2.45) is 22.7 Å². The van der Waals surface area contributed by atoms with Gasteiger partial charge in [0.2, 0.25) is 0 Å². The number of ether oxygens (including phenoxy) is 3. The third kappa shape index (κ3) is 2.09. The highest BCUT2D eigenvalue weighted by molar-refractivity contribution is 5.61. The lowest BCUT2D eigenvalue weighted by atomic mass is 9.33. The zero-order chi connectivity index (χ0) is 23.3. The summed E-state index contributed by atoms with van der Waals surface area (Å²) in [4.78, 5) is 2.94. The number of rotatable bonds is 2. The monoisotopic (exact) mass is 463 g/mol. The van der Waals surface area contributed by atoms with Gasteiger partial charge in [0.25, 0.3) is 0 Å². The van der Waals surface area contributed by atoms with Crippen molar-refractivity contribution in [3.8, 4) is 5.75 Å². The Hall–Kier alpha value is -1.10. The molecule has 3 aliphatic heterocycles. The Kier molecular flexibility index (Phi) is 3.75. The van der Waals surface area contributed by atoms with Gasteiger partial charge in [0.1, 0.15) is 24.2 Å². The summed E-state index contributed by atoms with van der Waals surface area (Å²) in [5.41, 5.74) is 4.44. The molecule has 5 aliphatic carbocycles. The Morgan fingerprint density at radius 1 is 1.09 bits per heavy atom. The zero-order valence-corrected chi connectivity index (χ0v) is 21.7. The molecule has 1 aromatic rings. The average Bonchev–Trinajstić information content (AvgIpc) is 3.53. The minimum absolute atomic E-state index is 0.0414. The van der Waals surface area contributed by atoms with Crippen molar-refractivity contribution in [3.05, 3.63) is 28.8 Å². The van der Waals surface area contributed by atoms with Crippen LogP contribution in [0.25, 0.3) is 0 Å². The van der Waals surface area contributed by atoms with Gasteiger partial charge >= 0.3 is 0 Å². The Labute approximate surface area is 204 Å². The fourth-order valence-electron chi connectivity index (χ4n) is 10.2. The summed E-state index contributed by atoms with van der Waals surface area (Å²) in [6, 6.07) is 5.39. The van der Waals surface area contributed by atoms with Crippen LogP contribution in [0.3, 0.4) is 0 Å². The first-order valence-electron chi connectivity index (χ1n) is 14.0. The SMILES string of the molecule is Cc1ccc2c3c1O[C@H]1C45CC[C@@]6(C[C@@H]4[C@@](C)(C(C)(C)C)OCO5)[C@@H](C2)N(CC2CC2)CC[C@]316. The Morgan fingerprint density at radius 2 is 1.91 bits per heavy atom. The first kappa shape index (κ1) is 21.0. The third-order valence-electron chi connectivity index (χ3n) is 12.3. The van der Waals surface area contributed by atoms with Crippen LogP contribution in [0, 0.1) is 29.6 Å². The van der Waals surface area contributed by atoms with E-state index in [1.165, 1.54) is 62.9 Å². The van der Waals surface area contributed by atoms with E-state index in [2.05, 4.69) is 51.7 Å². The topological polar surface area (TPSA) is 30.9 Å². The van der Waals surface area contributed by atoms with Crippen molar-refractivity contribution >= 4 is 0 Å². The standard InChI is InChI=1S/C30H41NO3/c1-18-6-9-20-14-22-28-10-11-30(21(15-28)27(5,26(2,3)4)32-17-33-30)25-29(28,23(20)24(18)34-25)12-13-31(22)16-19-7-8-19/h6,9,19,21-22,25H,7-8,10-17H2,1-5H3/t21-,22-,25-,27+,28-,29+,30?/m1/s1. The summed E-state index contributed by atoms with van der Waals surface area (Å²) in [7, 11) is 0. The van der Waals surface area contributed by atoms with Gasteiger partial charge in [-0.1, -0.05) is 32.9 Å². The second-order valence-electron chi connectivity index (χ2n) is 14.3. The molecule has 3 heterocycles. The van der Waals surface area contributed by atoms with E-state index < -0.39 is 0 Å². The maximum atomic E-state index is 7.23. The van der Waals surface area contributed by atoms with Gasteiger partial charge in [0.15, 0.2) is 0 Å². The molecular weight excluding hydrogens is 422 g/mol. The Bertz CT molecular complexity index is 1090. The number of hydrogen-bond donors (Lipinski definition) is 0. The van der Waals surface area contributed by atoms with E-state index >= 15 is 0 Å². The molecule has 7 atom stereocenters. The Balaban J connectivity index is 1.38. The van der Waals surface area contributed by atoms with Gasteiger partial charge in [-0.15, -0.1) is 0 Å². The predicted molar refractivity (Wildman–Crippen MR) is 131 cm³/mol. The van der Waals surface area contributed by atoms with Crippen molar-refractivity contribution in [2.75, 3.05) is 19.9 Å². The summed E-state index contributed by atoms with van der Waals surface area (Å²) in [5, 5.41) is 0. The van der Waals surface area contributed by atoms with Gasteiger partial charge in [0, 0.05) is 34.9 Å². The second kappa shape index (κ2) is 6.06. The van der Waals surface area contributed by atoms with Gasteiger partial charge in [-0.3, -0.25) is 4.90 Å². The number of fused-ring (bicyclic) bond motifs is 1. The van der Waals surface area contributed by atoms with Gasteiger partial charge in [-0.25, -0.2) is 0 Å². The number of likely N-dealkylation sites (tertiary alicyclic amines) is 1. The van der Waals surface area contributed by atoms with Crippen molar-refractivity contribution in [2.45, 2.75) is 108 Å². The molecule has 0 N–H and O–H groups in total. The van der Waals surface area contributed by atoms with E-state index in [0.29, 0.717) is 18.8 Å². The molecule has 2 saturated heterocycles. The molecule has 34 heavy (non-hydrogen) atoms. The lowest BCUT2D eigenvalue weighted by Crippen LogP contribution is -2.84. The summed E-state index contributed by atoms with van der Waals surface area (Å²) in [6.45, 7) is 14.7. The minimum Gasteiger partial charge on any atom is -0.486 e. The molecule has 4 bridgehead atoms. The maximum Gasteiger partial charge on any atom is 0.148 e. The van der Waals surface area contributed by atoms with Crippen LogP contribution in [-0.2, 0) is 21.3 Å². The highest BCUT2D eigenvalue weighted by Crippen LogP contribution is 2.78. The average molecular weight is 464 g/mol. The maximum absolute atomic E-state index is 7.23. The molecule has 0 amide bonds. The molecule has 1 unspecified atom stereocenters. The summed E-state index contributed by atoms with van der Waals surface area (Å²) in [6.07, 6.45) is 9.04. The van der Waals surface area contributed by atoms with Gasteiger partial charge in [0.05, 0.1) is 5.60 Å². The van der Waals surface area contributed by atoms with Crippen LogP contribution in [-0.4, -0.2) is 48.1 Å². The lowest BCUT2D eigenvalue weighted by Gasteiger charge is -2.77. The molecule has 3 spiro atoms. The van der Waals surface area contributed by atoms with Crippen molar-refractivity contribution < 1.29 is 14.2 Å². The fraction of sp³-hybridized carbons (Fsp3) is 0.800. The molecule has 4 nitrogen and oxygen atoms in total. The number of benzene rings is 1. The van der Waals surface area contributed by atoms with Gasteiger partial charge < -0.3 is 14.2 Å². The smallest absolute Gasteiger partial charge is 0.148 e. The number of aryl methyl sites for hydroxylation is 1. The first-order chi connectivity index (χ1) is 16.2. The summed E-state index contributed by atoms with van der Waals surface area (Å²) >= 11 is 0. The van der Waals surface area contributed by atoms with Gasteiger partial charge in [-0.2, -0.15) is 0 Å². The molecule has 9 rings (SSSR count). The van der Waals surface area contributed by atoms with E-state index in [9.17, 15) is 0 Å². The normalized spacial score (nSPS) is 48.3. The van der Waals surface area contributed by atoms with Crippen LogP contribution in [0.5, 0.6) is 5.75 Å². The largest absolute Gasteiger partial charge is 0.486 e. The summed E-state index contributed by atoms with van der Waals surface area (Å²) < 4.78 is 20.7. The van der Waals surface area contributed by atoms with Crippen molar-refractivity contribution in [1.82, 2.24) is 4.90 Å². The van der Waals surface area contributed by atoms with Crippen LogP contribution in [0.2, 0.25) is 0 Å². The fourth-order valence-corrected chi connectivity index (χ4v) is 10.2. The van der Waals surface area contributed by atoms with E-state index in [0.717, 1.165) is 12.3 Å². The molecule has 4 heteroatoms. The molecule has 0 aromatic heterocycles. The Morgan fingerprint density at radius 3 is 2.68 bits per heavy atom. The van der Waals surface area contributed by atoms with Crippen molar-refractivity contribution in [3.63, 3.8) is 0 Å². The highest BCUT2D eigenvalue weighted by Gasteiger charge is 2.83. The third-order valence-corrected chi connectivity index (χ3v) is 12.3. The quantitative estimate of drug-likeness (QED) is 0.589. The van der Waals surface area contributed by atoms with Crippen LogP contribution in [0.4, 0.5) is 0 Å². The minimum atomic E-state index is -0.245. The highest BCUT2D eigenvalue weighted by atomic mass is 16.7. The molecule has 1 aromatic carbocycles. The predicted octanol–water partition coefficient (Wildman–Crippen LogP) is 5.38. The first-order valence-corrected chi connectivity index (χ1v) is 14.0. The molecular formula is C30H41NO3. The number of piperidine rings is 1. The molecule has 6 fully saturated rings. The van der Waals surface area contributed by atoms with E-state index in [4.69, 9.17) is 14.2 Å². The molecule has 184 valence electrons. The second-order valence-corrected chi connectivity index (χ2v) is 14.3. The zero-order valence-electron chi connectivity index (χ0n) is 21.7. The van der Waals surface area contributed by atoms with E-state index in [-0.39, 0.29) is 33.6 Å². The molecule has 8 aliphatic rings. The summed E-state index contributed by atoms with van der Waals surface area (Å²) in [5.74, 6) is 2.51. The number of nitrogens with zero attached hydrogens (tertiary/aromatic N) is 1. The van der Waals surface area contributed by atoms with Crippen LogP contribution in [0.15, 0.2) is 12.1 Å². The van der Waals surface area contributed by atoms with Crippen LogP contribution >= 0.6 is 0 Å².